The van der Waals surface area contributed by atoms with Crippen molar-refractivity contribution in [2.45, 2.75) is 20.4 Å². The molecule has 0 aliphatic carbocycles. The highest BCUT2D eigenvalue weighted by molar-refractivity contribution is 7.13. The normalized spacial score (nSPS) is 12.4. The van der Waals surface area contributed by atoms with Gasteiger partial charge < -0.3 is 10.4 Å². The van der Waals surface area contributed by atoms with E-state index in [1.54, 1.807) is 18.3 Å². The Morgan fingerprint density at radius 3 is 2.73 bits per heavy atom. The number of rotatable bonds is 7. The Morgan fingerprint density at radius 2 is 2.09 bits per heavy atom. The van der Waals surface area contributed by atoms with Gasteiger partial charge in [-0.2, -0.15) is 0 Å². The second-order valence-corrected chi connectivity index (χ2v) is 6.43. The summed E-state index contributed by atoms with van der Waals surface area (Å²) in [5.74, 6) is -1.15. The number of benzene rings is 1. The standard InChI is InChI=1S/C16H21N3O2S/c1-11-4-6-13(7-5-11)17-16-18-14(10-22-16)9-19(3)8-12(2)15(20)21/h4-7,10,12H,8-9H2,1-3H3,(H,17,18)(H,20,21). The predicted molar refractivity (Wildman–Crippen MR) is 89.7 cm³/mol. The van der Waals surface area contributed by atoms with Crippen molar-refractivity contribution in [3.8, 4) is 0 Å². The van der Waals surface area contributed by atoms with Crippen LogP contribution in [0.25, 0.3) is 0 Å². The molecule has 0 aliphatic rings. The van der Waals surface area contributed by atoms with E-state index in [4.69, 9.17) is 5.11 Å². The fraction of sp³-hybridized carbons (Fsp3) is 0.375. The number of carbonyl (C=O) groups is 1. The molecule has 0 amide bonds. The number of hydrogen-bond donors (Lipinski definition) is 2. The van der Waals surface area contributed by atoms with Crippen LogP contribution >= 0.6 is 11.3 Å². The number of carboxylic acids is 1. The molecule has 1 heterocycles. The average Bonchev–Trinajstić information content (AvgIpc) is 2.88. The molecule has 118 valence electrons. The van der Waals surface area contributed by atoms with E-state index < -0.39 is 5.97 Å². The van der Waals surface area contributed by atoms with E-state index in [1.807, 2.05) is 29.5 Å². The zero-order valence-corrected chi connectivity index (χ0v) is 13.9. The van der Waals surface area contributed by atoms with Crippen molar-refractivity contribution < 1.29 is 9.90 Å². The first-order chi connectivity index (χ1) is 10.4. The number of aromatic nitrogens is 1. The molecule has 1 aromatic heterocycles. The predicted octanol–water partition coefficient (Wildman–Crippen LogP) is 3.35. The van der Waals surface area contributed by atoms with Gasteiger partial charge in [0.05, 0.1) is 11.6 Å². The van der Waals surface area contributed by atoms with E-state index in [9.17, 15) is 4.79 Å². The fourth-order valence-electron chi connectivity index (χ4n) is 2.08. The number of carboxylic acid groups (broad SMARTS) is 1. The van der Waals surface area contributed by atoms with Gasteiger partial charge in [-0.15, -0.1) is 11.3 Å². The van der Waals surface area contributed by atoms with Crippen LogP contribution in [0, 0.1) is 12.8 Å². The molecule has 0 saturated carbocycles. The summed E-state index contributed by atoms with van der Waals surface area (Å²) in [6.45, 7) is 4.92. The van der Waals surface area contributed by atoms with E-state index in [-0.39, 0.29) is 5.92 Å². The summed E-state index contributed by atoms with van der Waals surface area (Å²) >= 11 is 1.55. The molecule has 0 aliphatic heterocycles. The third kappa shape index (κ3) is 4.82. The molecule has 6 heteroatoms. The van der Waals surface area contributed by atoms with Crippen molar-refractivity contribution in [3.05, 3.63) is 40.9 Å². The van der Waals surface area contributed by atoms with Gasteiger partial charge in [-0.3, -0.25) is 9.69 Å². The van der Waals surface area contributed by atoms with Gasteiger partial charge in [-0.25, -0.2) is 4.98 Å². The van der Waals surface area contributed by atoms with Crippen LogP contribution in [0.2, 0.25) is 0 Å². The molecule has 22 heavy (non-hydrogen) atoms. The van der Waals surface area contributed by atoms with E-state index in [0.29, 0.717) is 13.1 Å². The maximum atomic E-state index is 10.9. The topological polar surface area (TPSA) is 65.5 Å². The highest BCUT2D eigenvalue weighted by Crippen LogP contribution is 2.21. The summed E-state index contributed by atoms with van der Waals surface area (Å²) in [7, 11) is 1.91. The molecule has 0 spiro atoms. The molecule has 0 fully saturated rings. The quantitative estimate of drug-likeness (QED) is 0.819. The third-order valence-electron chi connectivity index (χ3n) is 3.29. The van der Waals surface area contributed by atoms with Crippen LogP contribution in [-0.4, -0.2) is 34.6 Å². The minimum absolute atomic E-state index is 0.381. The lowest BCUT2D eigenvalue weighted by molar-refractivity contribution is -0.141. The van der Waals surface area contributed by atoms with Crippen LogP contribution in [-0.2, 0) is 11.3 Å². The molecular weight excluding hydrogens is 298 g/mol. The van der Waals surface area contributed by atoms with Gasteiger partial charge in [0.25, 0.3) is 0 Å². The minimum Gasteiger partial charge on any atom is -0.481 e. The van der Waals surface area contributed by atoms with Crippen LogP contribution in [0.4, 0.5) is 10.8 Å². The summed E-state index contributed by atoms with van der Waals surface area (Å²) in [4.78, 5) is 17.4. The second-order valence-electron chi connectivity index (χ2n) is 5.57. The molecule has 2 rings (SSSR count). The number of aryl methyl sites for hydroxylation is 1. The smallest absolute Gasteiger partial charge is 0.307 e. The molecule has 1 unspecified atom stereocenters. The van der Waals surface area contributed by atoms with E-state index in [2.05, 4.69) is 29.4 Å². The van der Waals surface area contributed by atoms with Gasteiger partial charge in [-0.1, -0.05) is 24.6 Å². The van der Waals surface area contributed by atoms with Crippen LogP contribution in [0.1, 0.15) is 18.2 Å². The van der Waals surface area contributed by atoms with Gasteiger partial charge in [0, 0.05) is 24.2 Å². The van der Waals surface area contributed by atoms with Gasteiger partial charge in [0.1, 0.15) is 0 Å². The lowest BCUT2D eigenvalue weighted by atomic mass is 10.2. The van der Waals surface area contributed by atoms with Gasteiger partial charge in [-0.05, 0) is 26.1 Å². The van der Waals surface area contributed by atoms with Crippen LogP contribution in [0.15, 0.2) is 29.6 Å². The zero-order chi connectivity index (χ0) is 16.1. The molecule has 1 atom stereocenters. The van der Waals surface area contributed by atoms with Crippen LogP contribution in [0.5, 0.6) is 0 Å². The Kier molecular flexibility index (Phi) is 5.51. The van der Waals surface area contributed by atoms with Gasteiger partial charge in [0.2, 0.25) is 0 Å². The van der Waals surface area contributed by atoms with E-state index in [0.717, 1.165) is 16.5 Å². The Bertz CT molecular complexity index is 625. The molecule has 0 saturated heterocycles. The Hall–Kier alpha value is -1.92. The van der Waals surface area contributed by atoms with E-state index in [1.165, 1.54) is 5.56 Å². The molecular formula is C16H21N3O2S. The molecule has 2 N–H and O–H groups in total. The first-order valence-corrected chi connectivity index (χ1v) is 8.01. The first-order valence-electron chi connectivity index (χ1n) is 7.13. The maximum Gasteiger partial charge on any atom is 0.307 e. The van der Waals surface area contributed by atoms with Gasteiger partial charge in [0.15, 0.2) is 5.13 Å². The summed E-state index contributed by atoms with van der Waals surface area (Å²) in [5, 5.41) is 15.1. The summed E-state index contributed by atoms with van der Waals surface area (Å²) < 4.78 is 0. The number of aliphatic carboxylic acids is 1. The first kappa shape index (κ1) is 16.5. The zero-order valence-electron chi connectivity index (χ0n) is 13.0. The maximum absolute atomic E-state index is 10.9. The van der Waals surface area contributed by atoms with E-state index >= 15 is 0 Å². The monoisotopic (exact) mass is 319 g/mol. The number of nitrogens with one attached hydrogen (secondary N) is 1. The van der Waals surface area contributed by atoms with Crippen LogP contribution < -0.4 is 5.32 Å². The Labute approximate surface area is 134 Å². The van der Waals surface area contributed by atoms with Crippen molar-refractivity contribution >= 4 is 28.1 Å². The molecule has 2 aromatic rings. The fourth-order valence-corrected chi connectivity index (χ4v) is 2.81. The van der Waals surface area contributed by atoms with Crippen molar-refractivity contribution in [2.24, 2.45) is 5.92 Å². The summed E-state index contributed by atoms with van der Waals surface area (Å²) in [6.07, 6.45) is 0. The van der Waals surface area contributed by atoms with Crippen molar-refractivity contribution in [2.75, 3.05) is 18.9 Å². The van der Waals surface area contributed by atoms with Crippen molar-refractivity contribution in [1.82, 2.24) is 9.88 Å². The number of anilines is 2. The Balaban J connectivity index is 1.91. The SMILES string of the molecule is Cc1ccc(Nc2nc(CN(C)CC(C)C(=O)O)cs2)cc1. The largest absolute Gasteiger partial charge is 0.481 e. The molecule has 1 aromatic carbocycles. The van der Waals surface area contributed by atoms with Crippen LogP contribution in [0.3, 0.4) is 0 Å². The van der Waals surface area contributed by atoms with Gasteiger partial charge >= 0.3 is 5.97 Å². The average molecular weight is 319 g/mol. The number of hydrogen-bond acceptors (Lipinski definition) is 5. The number of thiazole rings is 1. The lowest BCUT2D eigenvalue weighted by Crippen LogP contribution is -2.28. The second kappa shape index (κ2) is 7.38. The third-order valence-corrected chi connectivity index (χ3v) is 4.10. The lowest BCUT2D eigenvalue weighted by Gasteiger charge is -2.17. The molecule has 5 nitrogen and oxygen atoms in total. The summed E-state index contributed by atoms with van der Waals surface area (Å²) in [5.41, 5.74) is 3.18. The van der Waals surface area contributed by atoms with Crippen molar-refractivity contribution in [1.29, 1.82) is 0 Å². The Morgan fingerprint density at radius 1 is 1.41 bits per heavy atom. The molecule has 0 radical (unpaired) electrons. The highest BCUT2D eigenvalue weighted by atomic mass is 32.1. The molecule has 0 bridgehead atoms. The number of nitrogens with zero attached hydrogens (tertiary/aromatic N) is 2. The highest BCUT2D eigenvalue weighted by Gasteiger charge is 2.14. The van der Waals surface area contributed by atoms with Crippen molar-refractivity contribution in [3.63, 3.8) is 0 Å². The minimum atomic E-state index is -0.771. The summed E-state index contributed by atoms with van der Waals surface area (Å²) in [6, 6.07) is 8.16.